The SMILES string of the molecule is CC(CNC(C)(C)C)NCc1ccccc1Cl. The molecule has 2 N–H and O–H groups in total. The van der Waals surface area contributed by atoms with Gasteiger partial charge in [-0.15, -0.1) is 0 Å². The highest BCUT2D eigenvalue weighted by molar-refractivity contribution is 6.31. The summed E-state index contributed by atoms with van der Waals surface area (Å²) in [5.74, 6) is 0. The van der Waals surface area contributed by atoms with Gasteiger partial charge in [-0.3, -0.25) is 0 Å². The van der Waals surface area contributed by atoms with Crippen LogP contribution in [0, 0.1) is 0 Å². The lowest BCUT2D eigenvalue weighted by Crippen LogP contribution is -2.44. The molecule has 0 saturated carbocycles. The Morgan fingerprint density at radius 1 is 1.24 bits per heavy atom. The minimum absolute atomic E-state index is 0.167. The van der Waals surface area contributed by atoms with E-state index in [1.54, 1.807) is 0 Å². The first-order chi connectivity index (χ1) is 7.88. The molecule has 0 fully saturated rings. The standard InChI is InChI=1S/C14H23ClN2/c1-11(9-17-14(2,3)4)16-10-12-7-5-6-8-13(12)15/h5-8,11,16-17H,9-10H2,1-4H3. The summed E-state index contributed by atoms with van der Waals surface area (Å²) in [6.07, 6.45) is 0. The summed E-state index contributed by atoms with van der Waals surface area (Å²) < 4.78 is 0. The fourth-order valence-electron chi connectivity index (χ4n) is 1.46. The van der Waals surface area contributed by atoms with E-state index in [1.165, 1.54) is 0 Å². The molecule has 1 aromatic carbocycles. The normalized spacial score (nSPS) is 13.7. The fraction of sp³-hybridized carbons (Fsp3) is 0.571. The molecule has 17 heavy (non-hydrogen) atoms. The molecule has 0 spiro atoms. The molecule has 0 amide bonds. The summed E-state index contributed by atoms with van der Waals surface area (Å²) in [6.45, 7) is 10.5. The van der Waals surface area contributed by atoms with E-state index >= 15 is 0 Å². The molecule has 0 aliphatic carbocycles. The van der Waals surface area contributed by atoms with Gasteiger partial charge in [0.15, 0.2) is 0 Å². The van der Waals surface area contributed by atoms with E-state index in [2.05, 4.69) is 44.4 Å². The number of hydrogen-bond acceptors (Lipinski definition) is 2. The van der Waals surface area contributed by atoms with E-state index in [0.29, 0.717) is 6.04 Å². The molecule has 0 bridgehead atoms. The Kier molecular flexibility index (Phi) is 5.44. The first kappa shape index (κ1) is 14.5. The van der Waals surface area contributed by atoms with Crippen LogP contribution in [0.3, 0.4) is 0 Å². The zero-order chi connectivity index (χ0) is 12.9. The minimum atomic E-state index is 0.167. The van der Waals surface area contributed by atoms with Crippen molar-refractivity contribution in [1.29, 1.82) is 0 Å². The molecule has 1 rings (SSSR count). The summed E-state index contributed by atoms with van der Waals surface area (Å²) in [6, 6.07) is 8.37. The molecule has 1 atom stereocenters. The van der Waals surface area contributed by atoms with Crippen molar-refractivity contribution < 1.29 is 0 Å². The Bertz CT molecular complexity index is 344. The third kappa shape index (κ3) is 6.06. The zero-order valence-corrected chi connectivity index (χ0v) is 11.9. The van der Waals surface area contributed by atoms with Crippen LogP contribution in [-0.4, -0.2) is 18.1 Å². The molecule has 0 aliphatic heterocycles. The third-order valence-electron chi connectivity index (χ3n) is 2.54. The molecule has 0 aliphatic rings. The van der Waals surface area contributed by atoms with Crippen LogP contribution in [-0.2, 0) is 6.54 Å². The summed E-state index contributed by atoms with van der Waals surface area (Å²) in [7, 11) is 0. The van der Waals surface area contributed by atoms with Crippen molar-refractivity contribution in [3.05, 3.63) is 34.9 Å². The molecule has 96 valence electrons. The largest absolute Gasteiger partial charge is 0.311 e. The maximum atomic E-state index is 6.10. The molecule has 1 unspecified atom stereocenters. The second kappa shape index (κ2) is 6.39. The van der Waals surface area contributed by atoms with Crippen molar-refractivity contribution >= 4 is 11.6 Å². The molecule has 2 nitrogen and oxygen atoms in total. The highest BCUT2D eigenvalue weighted by Gasteiger charge is 2.10. The van der Waals surface area contributed by atoms with Crippen molar-refractivity contribution in [1.82, 2.24) is 10.6 Å². The minimum Gasteiger partial charge on any atom is -0.311 e. The van der Waals surface area contributed by atoms with Gasteiger partial charge in [-0.05, 0) is 39.3 Å². The van der Waals surface area contributed by atoms with E-state index in [-0.39, 0.29) is 5.54 Å². The lowest BCUT2D eigenvalue weighted by atomic mass is 10.1. The van der Waals surface area contributed by atoms with Gasteiger partial charge < -0.3 is 10.6 Å². The monoisotopic (exact) mass is 254 g/mol. The summed E-state index contributed by atoms with van der Waals surface area (Å²) >= 11 is 6.10. The van der Waals surface area contributed by atoms with Gasteiger partial charge in [0.1, 0.15) is 0 Å². The second-order valence-electron chi connectivity index (χ2n) is 5.50. The average molecular weight is 255 g/mol. The van der Waals surface area contributed by atoms with Gasteiger partial charge in [0.2, 0.25) is 0 Å². The Morgan fingerprint density at radius 3 is 2.47 bits per heavy atom. The Morgan fingerprint density at radius 2 is 1.88 bits per heavy atom. The van der Waals surface area contributed by atoms with Crippen LogP contribution >= 0.6 is 11.6 Å². The molecule has 0 heterocycles. The number of nitrogens with one attached hydrogen (secondary N) is 2. The van der Waals surface area contributed by atoms with Crippen LogP contribution in [0.25, 0.3) is 0 Å². The maximum absolute atomic E-state index is 6.10. The van der Waals surface area contributed by atoms with Crippen LogP contribution in [0.2, 0.25) is 5.02 Å². The molecule has 3 heteroatoms. The van der Waals surface area contributed by atoms with E-state index in [1.807, 2.05) is 18.2 Å². The highest BCUT2D eigenvalue weighted by Crippen LogP contribution is 2.14. The van der Waals surface area contributed by atoms with Crippen molar-refractivity contribution in [2.75, 3.05) is 6.54 Å². The summed E-state index contributed by atoms with van der Waals surface area (Å²) in [5.41, 5.74) is 1.32. The average Bonchev–Trinajstić information content (AvgIpc) is 2.24. The fourth-order valence-corrected chi connectivity index (χ4v) is 1.66. The summed E-state index contributed by atoms with van der Waals surface area (Å²) in [5, 5.41) is 7.77. The summed E-state index contributed by atoms with van der Waals surface area (Å²) in [4.78, 5) is 0. The topological polar surface area (TPSA) is 24.1 Å². The highest BCUT2D eigenvalue weighted by atomic mass is 35.5. The van der Waals surface area contributed by atoms with Crippen LogP contribution in [0.5, 0.6) is 0 Å². The molecule has 0 aromatic heterocycles. The first-order valence-corrected chi connectivity index (χ1v) is 6.48. The first-order valence-electron chi connectivity index (χ1n) is 6.10. The van der Waals surface area contributed by atoms with E-state index in [0.717, 1.165) is 23.7 Å². The van der Waals surface area contributed by atoms with Gasteiger partial charge in [-0.1, -0.05) is 29.8 Å². The smallest absolute Gasteiger partial charge is 0.0450 e. The van der Waals surface area contributed by atoms with Gasteiger partial charge >= 0.3 is 0 Å². The van der Waals surface area contributed by atoms with Crippen LogP contribution in [0.4, 0.5) is 0 Å². The van der Waals surface area contributed by atoms with E-state index in [4.69, 9.17) is 11.6 Å². The Hall–Kier alpha value is -0.570. The van der Waals surface area contributed by atoms with Gasteiger partial charge in [0.25, 0.3) is 0 Å². The van der Waals surface area contributed by atoms with Crippen molar-refractivity contribution in [3.8, 4) is 0 Å². The Labute approximate surface area is 110 Å². The van der Waals surface area contributed by atoms with Crippen LogP contribution in [0.15, 0.2) is 24.3 Å². The molecule has 1 aromatic rings. The van der Waals surface area contributed by atoms with E-state index < -0.39 is 0 Å². The maximum Gasteiger partial charge on any atom is 0.0450 e. The Balaban J connectivity index is 2.34. The number of halogens is 1. The number of hydrogen-bond donors (Lipinski definition) is 2. The van der Waals surface area contributed by atoms with Crippen molar-refractivity contribution in [2.24, 2.45) is 0 Å². The predicted octanol–water partition coefficient (Wildman–Crippen LogP) is 3.21. The quantitative estimate of drug-likeness (QED) is 0.843. The van der Waals surface area contributed by atoms with Gasteiger partial charge in [-0.2, -0.15) is 0 Å². The molecular weight excluding hydrogens is 232 g/mol. The van der Waals surface area contributed by atoms with Crippen LogP contribution < -0.4 is 10.6 Å². The molecular formula is C14H23ClN2. The third-order valence-corrected chi connectivity index (χ3v) is 2.91. The van der Waals surface area contributed by atoms with Gasteiger partial charge in [0, 0.05) is 29.7 Å². The van der Waals surface area contributed by atoms with Crippen molar-refractivity contribution in [2.45, 2.75) is 45.8 Å². The van der Waals surface area contributed by atoms with Gasteiger partial charge in [0.05, 0.1) is 0 Å². The van der Waals surface area contributed by atoms with E-state index in [9.17, 15) is 0 Å². The van der Waals surface area contributed by atoms with Gasteiger partial charge in [-0.25, -0.2) is 0 Å². The second-order valence-corrected chi connectivity index (χ2v) is 5.91. The molecule has 0 saturated heterocycles. The van der Waals surface area contributed by atoms with Crippen molar-refractivity contribution in [3.63, 3.8) is 0 Å². The lowest BCUT2D eigenvalue weighted by molar-refractivity contribution is 0.387. The lowest BCUT2D eigenvalue weighted by Gasteiger charge is -2.24. The predicted molar refractivity (Wildman–Crippen MR) is 75.5 cm³/mol. The molecule has 0 radical (unpaired) electrons. The number of rotatable bonds is 5. The zero-order valence-electron chi connectivity index (χ0n) is 11.2. The number of benzene rings is 1. The van der Waals surface area contributed by atoms with Crippen LogP contribution in [0.1, 0.15) is 33.3 Å².